The van der Waals surface area contributed by atoms with Crippen LogP contribution in [-0.4, -0.2) is 35.1 Å². The van der Waals surface area contributed by atoms with E-state index in [0.717, 1.165) is 19.6 Å². The van der Waals surface area contributed by atoms with Crippen LogP contribution in [0.5, 0.6) is 0 Å². The molecule has 0 aliphatic carbocycles. The molecule has 1 unspecified atom stereocenters. The highest BCUT2D eigenvalue weighted by atomic mass is 15.2. The highest BCUT2D eigenvalue weighted by molar-refractivity contribution is 5.14. The molecule has 1 aromatic heterocycles. The van der Waals surface area contributed by atoms with E-state index in [1.54, 1.807) is 0 Å². The van der Waals surface area contributed by atoms with E-state index in [1.165, 1.54) is 5.56 Å². The fourth-order valence-electron chi connectivity index (χ4n) is 2.36. The molecule has 1 saturated heterocycles. The number of pyridine rings is 1. The first-order chi connectivity index (χ1) is 7.58. The van der Waals surface area contributed by atoms with Crippen LogP contribution in [0.25, 0.3) is 0 Å². The van der Waals surface area contributed by atoms with Crippen LogP contribution in [0.3, 0.4) is 0 Å². The van der Waals surface area contributed by atoms with Crippen LogP contribution >= 0.6 is 0 Å². The van der Waals surface area contributed by atoms with Gasteiger partial charge in [-0.05, 0) is 38.5 Å². The standard InChI is InChI=1S/C13H21N3/c1-11(12-4-6-14-7-5-12)16-9-8-15-13(2,3)10-16/h4-7,11,15H,8-10H2,1-3H3. The highest BCUT2D eigenvalue weighted by Crippen LogP contribution is 2.23. The van der Waals surface area contributed by atoms with Crippen LogP contribution in [0, 0.1) is 0 Å². The molecule has 0 amide bonds. The summed E-state index contributed by atoms with van der Waals surface area (Å²) in [6.45, 7) is 10.1. The molecule has 2 heterocycles. The van der Waals surface area contributed by atoms with Crippen LogP contribution in [0.15, 0.2) is 24.5 Å². The third-order valence-electron chi connectivity index (χ3n) is 3.34. The van der Waals surface area contributed by atoms with E-state index in [4.69, 9.17) is 0 Å². The molecular formula is C13H21N3. The third kappa shape index (κ3) is 2.60. The second-order valence-electron chi connectivity index (χ2n) is 5.24. The Morgan fingerprint density at radius 1 is 1.38 bits per heavy atom. The molecule has 0 aromatic carbocycles. The van der Waals surface area contributed by atoms with Crippen LogP contribution in [0.4, 0.5) is 0 Å². The van der Waals surface area contributed by atoms with E-state index in [0.29, 0.717) is 6.04 Å². The molecule has 2 rings (SSSR count). The zero-order chi connectivity index (χ0) is 11.6. The van der Waals surface area contributed by atoms with Crippen molar-refractivity contribution in [3.8, 4) is 0 Å². The first kappa shape index (κ1) is 11.6. The van der Waals surface area contributed by atoms with Crippen molar-refractivity contribution in [2.24, 2.45) is 0 Å². The molecule has 0 spiro atoms. The van der Waals surface area contributed by atoms with Gasteiger partial charge in [-0.3, -0.25) is 9.88 Å². The normalized spacial score (nSPS) is 22.9. The molecule has 0 bridgehead atoms. The van der Waals surface area contributed by atoms with Gasteiger partial charge in [0.2, 0.25) is 0 Å². The van der Waals surface area contributed by atoms with Gasteiger partial charge in [0.1, 0.15) is 0 Å². The number of nitrogens with zero attached hydrogens (tertiary/aromatic N) is 2. The number of piperazine rings is 1. The summed E-state index contributed by atoms with van der Waals surface area (Å²) in [5.41, 5.74) is 1.58. The van der Waals surface area contributed by atoms with Gasteiger partial charge in [0.05, 0.1) is 0 Å². The van der Waals surface area contributed by atoms with Gasteiger partial charge in [-0.15, -0.1) is 0 Å². The van der Waals surface area contributed by atoms with Gasteiger partial charge < -0.3 is 5.32 Å². The van der Waals surface area contributed by atoms with Crippen LogP contribution in [-0.2, 0) is 0 Å². The molecular weight excluding hydrogens is 198 g/mol. The minimum Gasteiger partial charge on any atom is -0.309 e. The molecule has 1 aliphatic heterocycles. The molecule has 1 aromatic rings. The topological polar surface area (TPSA) is 28.2 Å². The number of hydrogen-bond acceptors (Lipinski definition) is 3. The second-order valence-corrected chi connectivity index (χ2v) is 5.24. The Hall–Kier alpha value is -0.930. The molecule has 1 N–H and O–H groups in total. The predicted octanol–water partition coefficient (Wildman–Crippen LogP) is 1.83. The van der Waals surface area contributed by atoms with Crippen molar-refractivity contribution in [1.82, 2.24) is 15.2 Å². The minimum atomic E-state index is 0.222. The van der Waals surface area contributed by atoms with Gasteiger partial charge in [0, 0.05) is 43.6 Å². The van der Waals surface area contributed by atoms with Crippen molar-refractivity contribution in [3.63, 3.8) is 0 Å². The van der Waals surface area contributed by atoms with Crippen molar-refractivity contribution in [2.45, 2.75) is 32.4 Å². The third-order valence-corrected chi connectivity index (χ3v) is 3.34. The maximum atomic E-state index is 4.07. The highest BCUT2D eigenvalue weighted by Gasteiger charge is 2.28. The first-order valence-electron chi connectivity index (χ1n) is 5.97. The second kappa shape index (κ2) is 4.52. The molecule has 0 radical (unpaired) electrons. The maximum Gasteiger partial charge on any atom is 0.0322 e. The molecule has 3 nitrogen and oxygen atoms in total. The van der Waals surface area contributed by atoms with Gasteiger partial charge in [-0.1, -0.05) is 0 Å². The Morgan fingerprint density at radius 3 is 2.69 bits per heavy atom. The summed E-state index contributed by atoms with van der Waals surface area (Å²) in [6, 6.07) is 4.70. The summed E-state index contributed by atoms with van der Waals surface area (Å²) in [7, 11) is 0. The summed E-state index contributed by atoms with van der Waals surface area (Å²) < 4.78 is 0. The lowest BCUT2D eigenvalue weighted by molar-refractivity contribution is 0.117. The van der Waals surface area contributed by atoms with E-state index < -0.39 is 0 Å². The number of nitrogens with one attached hydrogen (secondary N) is 1. The van der Waals surface area contributed by atoms with Gasteiger partial charge in [-0.2, -0.15) is 0 Å². The zero-order valence-electron chi connectivity index (χ0n) is 10.4. The lowest BCUT2D eigenvalue weighted by Gasteiger charge is -2.42. The maximum absolute atomic E-state index is 4.07. The van der Waals surface area contributed by atoms with Gasteiger partial charge in [0.25, 0.3) is 0 Å². The number of rotatable bonds is 2. The summed E-state index contributed by atoms with van der Waals surface area (Å²) in [4.78, 5) is 6.60. The SMILES string of the molecule is CC(c1ccncc1)N1CCNC(C)(C)C1. The van der Waals surface area contributed by atoms with Crippen LogP contribution in [0.1, 0.15) is 32.4 Å². The largest absolute Gasteiger partial charge is 0.309 e. The van der Waals surface area contributed by atoms with Gasteiger partial charge in [-0.25, -0.2) is 0 Å². The Labute approximate surface area is 97.9 Å². The average molecular weight is 219 g/mol. The Bertz CT molecular complexity index is 334. The van der Waals surface area contributed by atoms with E-state index >= 15 is 0 Å². The van der Waals surface area contributed by atoms with Crippen molar-refractivity contribution in [2.75, 3.05) is 19.6 Å². The Morgan fingerprint density at radius 2 is 2.06 bits per heavy atom. The quantitative estimate of drug-likeness (QED) is 0.822. The van der Waals surface area contributed by atoms with Gasteiger partial charge >= 0.3 is 0 Å². The zero-order valence-corrected chi connectivity index (χ0v) is 10.4. The molecule has 1 aliphatic rings. The molecule has 16 heavy (non-hydrogen) atoms. The average Bonchev–Trinajstić information content (AvgIpc) is 2.28. The van der Waals surface area contributed by atoms with E-state index in [2.05, 4.69) is 48.1 Å². The molecule has 88 valence electrons. The van der Waals surface area contributed by atoms with Crippen molar-refractivity contribution >= 4 is 0 Å². The number of aromatic nitrogens is 1. The lowest BCUT2D eigenvalue weighted by atomic mass is 9.99. The summed E-state index contributed by atoms with van der Waals surface area (Å²) in [5.74, 6) is 0. The monoisotopic (exact) mass is 219 g/mol. The van der Waals surface area contributed by atoms with E-state index in [9.17, 15) is 0 Å². The number of hydrogen-bond donors (Lipinski definition) is 1. The van der Waals surface area contributed by atoms with E-state index in [-0.39, 0.29) is 5.54 Å². The summed E-state index contributed by atoms with van der Waals surface area (Å²) >= 11 is 0. The van der Waals surface area contributed by atoms with E-state index in [1.807, 2.05) is 12.4 Å². The summed E-state index contributed by atoms with van der Waals surface area (Å²) in [6.07, 6.45) is 3.75. The molecule has 1 fully saturated rings. The van der Waals surface area contributed by atoms with Crippen LogP contribution in [0.2, 0.25) is 0 Å². The van der Waals surface area contributed by atoms with Crippen molar-refractivity contribution in [3.05, 3.63) is 30.1 Å². The lowest BCUT2D eigenvalue weighted by Crippen LogP contribution is -2.57. The smallest absolute Gasteiger partial charge is 0.0322 e. The Kier molecular flexibility index (Phi) is 3.26. The van der Waals surface area contributed by atoms with Gasteiger partial charge in [0.15, 0.2) is 0 Å². The predicted molar refractivity (Wildman–Crippen MR) is 66.3 cm³/mol. The Balaban J connectivity index is 2.08. The summed E-state index contributed by atoms with van der Waals surface area (Å²) in [5, 5.41) is 3.54. The minimum absolute atomic E-state index is 0.222. The van der Waals surface area contributed by atoms with Crippen LogP contribution < -0.4 is 5.32 Å². The molecule has 0 saturated carbocycles. The fourth-order valence-corrected chi connectivity index (χ4v) is 2.36. The molecule has 1 atom stereocenters. The fraction of sp³-hybridized carbons (Fsp3) is 0.615. The van der Waals surface area contributed by atoms with Crippen molar-refractivity contribution < 1.29 is 0 Å². The van der Waals surface area contributed by atoms with Crippen molar-refractivity contribution in [1.29, 1.82) is 0 Å². The molecule has 3 heteroatoms. The first-order valence-corrected chi connectivity index (χ1v) is 5.97.